The van der Waals surface area contributed by atoms with Gasteiger partial charge in [-0.25, -0.2) is 0 Å². The molecule has 0 aliphatic heterocycles. The number of hydrogen-bond acceptors (Lipinski definition) is 5. The Labute approximate surface area is 94.8 Å². The van der Waals surface area contributed by atoms with E-state index in [2.05, 4.69) is 22.1 Å². The molecule has 5 heteroatoms. The number of nitrogens with zero attached hydrogens (tertiary/aromatic N) is 3. The van der Waals surface area contributed by atoms with Gasteiger partial charge in [0.15, 0.2) is 5.82 Å². The van der Waals surface area contributed by atoms with Crippen LogP contribution in [0.1, 0.15) is 12.0 Å². The molecule has 5 nitrogen and oxygen atoms in total. The Morgan fingerprint density at radius 3 is 3.19 bits per heavy atom. The minimum absolute atomic E-state index is 0.487. The molecule has 0 unspecified atom stereocenters. The predicted octanol–water partition coefficient (Wildman–Crippen LogP) is 1.35. The predicted molar refractivity (Wildman–Crippen MR) is 60.9 cm³/mol. The average molecular weight is 218 g/mol. The molecule has 0 spiro atoms. The van der Waals surface area contributed by atoms with Gasteiger partial charge in [-0.2, -0.15) is 10.4 Å². The molecule has 0 aromatic carbocycles. The Kier molecular flexibility index (Phi) is 5.59. The lowest BCUT2D eigenvalue weighted by Gasteiger charge is -2.06. The van der Waals surface area contributed by atoms with Crippen LogP contribution in [0.5, 0.6) is 0 Å². The van der Waals surface area contributed by atoms with Crippen molar-refractivity contribution in [2.75, 3.05) is 25.1 Å². The third-order valence-electron chi connectivity index (χ3n) is 1.85. The van der Waals surface area contributed by atoms with Crippen LogP contribution in [0.3, 0.4) is 0 Å². The summed E-state index contributed by atoms with van der Waals surface area (Å²) in [4.78, 5) is 0. The van der Waals surface area contributed by atoms with E-state index in [0.29, 0.717) is 31.1 Å². The first-order valence-electron chi connectivity index (χ1n) is 5.02. The highest BCUT2D eigenvalue weighted by molar-refractivity contribution is 5.49. The lowest BCUT2D eigenvalue weighted by atomic mass is 10.3. The number of hydrogen-bond donors (Lipinski definition) is 1. The van der Waals surface area contributed by atoms with Crippen LogP contribution in [0.4, 0.5) is 5.82 Å². The maximum absolute atomic E-state index is 8.79. The molecule has 1 heterocycles. The maximum Gasteiger partial charge on any atom is 0.166 e. The number of ether oxygens (including phenoxy) is 1. The summed E-state index contributed by atoms with van der Waals surface area (Å²) < 4.78 is 5.30. The highest BCUT2D eigenvalue weighted by Crippen LogP contribution is 2.07. The lowest BCUT2D eigenvalue weighted by Crippen LogP contribution is -2.12. The molecule has 0 bridgehead atoms. The molecular weight excluding hydrogens is 204 g/mol. The fourth-order valence-electron chi connectivity index (χ4n) is 1.06. The third-order valence-corrected chi connectivity index (χ3v) is 1.85. The lowest BCUT2D eigenvalue weighted by molar-refractivity contribution is 0.149. The quantitative estimate of drug-likeness (QED) is 0.552. The number of rotatable bonds is 7. The van der Waals surface area contributed by atoms with Gasteiger partial charge >= 0.3 is 0 Å². The smallest absolute Gasteiger partial charge is 0.166 e. The summed E-state index contributed by atoms with van der Waals surface area (Å²) in [5.74, 6) is 0.498. The summed E-state index contributed by atoms with van der Waals surface area (Å²) in [5.41, 5.74) is 0.487. The zero-order chi connectivity index (χ0) is 11.6. The molecule has 0 radical (unpaired) electrons. The Morgan fingerprint density at radius 1 is 1.56 bits per heavy atom. The van der Waals surface area contributed by atoms with E-state index in [1.807, 2.05) is 12.1 Å². The van der Waals surface area contributed by atoms with Crippen molar-refractivity contribution in [1.29, 1.82) is 5.26 Å². The maximum atomic E-state index is 8.79. The van der Waals surface area contributed by atoms with Crippen molar-refractivity contribution in [3.05, 3.63) is 30.5 Å². The molecule has 16 heavy (non-hydrogen) atoms. The molecule has 0 aliphatic rings. The molecule has 0 atom stereocenters. The molecule has 84 valence electrons. The summed E-state index contributed by atoms with van der Waals surface area (Å²) in [6.45, 7) is 5.43. The van der Waals surface area contributed by atoms with Crippen LogP contribution < -0.4 is 5.32 Å². The first-order valence-corrected chi connectivity index (χ1v) is 5.02. The van der Waals surface area contributed by atoms with Gasteiger partial charge in [-0.05, 0) is 12.5 Å². The first-order chi connectivity index (χ1) is 7.88. The molecule has 1 N–H and O–H groups in total. The fraction of sp³-hybridized carbons (Fsp3) is 0.364. The second-order valence-electron chi connectivity index (χ2n) is 3.02. The largest absolute Gasteiger partial charge is 0.379 e. The van der Waals surface area contributed by atoms with E-state index in [1.54, 1.807) is 6.07 Å². The van der Waals surface area contributed by atoms with Gasteiger partial charge < -0.3 is 10.1 Å². The van der Waals surface area contributed by atoms with Crippen molar-refractivity contribution in [3.8, 4) is 6.07 Å². The summed E-state index contributed by atoms with van der Waals surface area (Å²) in [7, 11) is 0. The van der Waals surface area contributed by atoms with Gasteiger partial charge in [-0.3, -0.25) is 0 Å². The van der Waals surface area contributed by atoms with E-state index in [9.17, 15) is 0 Å². The number of aromatic nitrogens is 2. The van der Waals surface area contributed by atoms with Gasteiger partial charge in [-0.15, -0.1) is 11.7 Å². The summed E-state index contributed by atoms with van der Waals surface area (Å²) in [6.07, 6.45) is 4.14. The third kappa shape index (κ3) is 4.07. The molecule has 0 amide bonds. The number of nitrogens with one attached hydrogen (secondary N) is 1. The molecule has 0 saturated carbocycles. The molecule has 1 aromatic heterocycles. The molecule has 0 aliphatic carbocycles. The van der Waals surface area contributed by atoms with E-state index in [1.165, 1.54) is 6.20 Å². The number of nitriles is 1. The SMILES string of the molecule is C=CCCOCCNc1nnccc1C#N. The van der Waals surface area contributed by atoms with E-state index in [0.717, 1.165) is 6.42 Å². The van der Waals surface area contributed by atoms with Gasteiger partial charge in [0.2, 0.25) is 0 Å². The van der Waals surface area contributed by atoms with Crippen LogP contribution in [0, 0.1) is 11.3 Å². The summed E-state index contributed by atoms with van der Waals surface area (Å²) in [6, 6.07) is 3.66. The minimum Gasteiger partial charge on any atom is -0.379 e. The van der Waals surface area contributed by atoms with E-state index >= 15 is 0 Å². The zero-order valence-corrected chi connectivity index (χ0v) is 9.02. The van der Waals surface area contributed by atoms with Crippen LogP contribution in [0.25, 0.3) is 0 Å². The fourth-order valence-corrected chi connectivity index (χ4v) is 1.06. The molecule has 0 saturated heterocycles. The molecular formula is C11H14N4O. The van der Waals surface area contributed by atoms with Crippen molar-refractivity contribution in [2.24, 2.45) is 0 Å². The minimum atomic E-state index is 0.487. The summed E-state index contributed by atoms with van der Waals surface area (Å²) >= 11 is 0. The topological polar surface area (TPSA) is 70.8 Å². The van der Waals surface area contributed by atoms with Crippen molar-refractivity contribution >= 4 is 5.82 Å². The van der Waals surface area contributed by atoms with Gasteiger partial charge in [0.05, 0.1) is 25.0 Å². The van der Waals surface area contributed by atoms with Crippen LogP contribution >= 0.6 is 0 Å². The molecule has 1 aromatic rings. The Hall–Kier alpha value is -1.93. The molecule has 0 fully saturated rings. The van der Waals surface area contributed by atoms with Crippen molar-refractivity contribution in [2.45, 2.75) is 6.42 Å². The average Bonchev–Trinajstić information content (AvgIpc) is 2.34. The zero-order valence-electron chi connectivity index (χ0n) is 9.02. The molecule has 1 rings (SSSR count). The van der Waals surface area contributed by atoms with Crippen molar-refractivity contribution < 1.29 is 4.74 Å². The highest BCUT2D eigenvalue weighted by atomic mass is 16.5. The highest BCUT2D eigenvalue weighted by Gasteiger charge is 2.01. The van der Waals surface area contributed by atoms with Crippen LogP contribution in [0.15, 0.2) is 24.9 Å². The van der Waals surface area contributed by atoms with E-state index in [-0.39, 0.29) is 0 Å². The van der Waals surface area contributed by atoms with Crippen LogP contribution in [-0.2, 0) is 4.74 Å². The van der Waals surface area contributed by atoms with Gasteiger partial charge in [0, 0.05) is 6.54 Å². The summed E-state index contributed by atoms with van der Waals surface area (Å²) in [5, 5.41) is 19.3. The first kappa shape index (κ1) is 12.1. The van der Waals surface area contributed by atoms with Gasteiger partial charge in [0.25, 0.3) is 0 Å². The van der Waals surface area contributed by atoms with E-state index in [4.69, 9.17) is 10.00 Å². The van der Waals surface area contributed by atoms with E-state index < -0.39 is 0 Å². The van der Waals surface area contributed by atoms with Crippen LogP contribution in [0.2, 0.25) is 0 Å². The Balaban J connectivity index is 2.27. The van der Waals surface area contributed by atoms with Crippen molar-refractivity contribution in [1.82, 2.24) is 10.2 Å². The van der Waals surface area contributed by atoms with Gasteiger partial charge in [0.1, 0.15) is 6.07 Å². The second-order valence-corrected chi connectivity index (χ2v) is 3.02. The Morgan fingerprint density at radius 2 is 2.44 bits per heavy atom. The normalized spacial score (nSPS) is 9.44. The van der Waals surface area contributed by atoms with Crippen LogP contribution in [-0.4, -0.2) is 30.0 Å². The monoisotopic (exact) mass is 218 g/mol. The van der Waals surface area contributed by atoms with Crippen molar-refractivity contribution in [3.63, 3.8) is 0 Å². The number of anilines is 1. The van der Waals surface area contributed by atoms with Gasteiger partial charge in [-0.1, -0.05) is 6.08 Å². The second kappa shape index (κ2) is 7.37. The standard InChI is InChI=1S/C11H14N4O/c1-2-3-7-16-8-6-13-11-10(9-12)4-5-14-15-11/h2,4-5H,1,3,6-8H2,(H,13,15). The Bertz CT molecular complexity index is 372.